The predicted octanol–water partition coefficient (Wildman–Crippen LogP) is 13.4. The third-order valence-corrected chi connectivity index (χ3v) is 12.1. The van der Waals surface area contributed by atoms with Gasteiger partial charge in [-0.15, -0.1) is 0 Å². The largest absolute Gasteiger partial charge is 0.472 e. The van der Waals surface area contributed by atoms with Crippen molar-refractivity contribution in [2.45, 2.75) is 251 Å². The van der Waals surface area contributed by atoms with Crippen molar-refractivity contribution in [3.05, 3.63) is 0 Å². The molecule has 0 saturated heterocycles. The molecule has 0 aromatic carbocycles. The summed E-state index contributed by atoms with van der Waals surface area (Å²) in [6, 6.07) is -0.751. The summed E-state index contributed by atoms with van der Waals surface area (Å²) in [5, 5.41) is 13.9. The summed E-state index contributed by atoms with van der Waals surface area (Å²) in [7, 11) is 1.63. The quantitative estimate of drug-likeness (QED) is 0.0322. The van der Waals surface area contributed by atoms with Crippen molar-refractivity contribution in [3.8, 4) is 0 Å². The van der Waals surface area contributed by atoms with Crippen molar-refractivity contribution in [2.75, 3.05) is 40.9 Å². The first-order valence-corrected chi connectivity index (χ1v) is 25.4. The summed E-state index contributed by atoms with van der Waals surface area (Å²) in [5.74, 6) is -0.141. The number of unbranched alkanes of at least 4 members (excludes halogenated alkanes) is 31. The zero-order chi connectivity index (χ0) is 40.7. The second kappa shape index (κ2) is 39.0. The molecular formula is C46H96N2O6P+. The summed E-state index contributed by atoms with van der Waals surface area (Å²) >= 11 is 0. The number of carbonyl (C=O) groups is 1. The van der Waals surface area contributed by atoms with Gasteiger partial charge in [0.2, 0.25) is 5.91 Å². The number of aliphatic hydroxyl groups excluding tert-OH is 1. The van der Waals surface area contributed by atoms with Crippen molar-refractivity contribution >= 4 is 13.7 Å². The van der Waals surface area contributed by atoms with Crippen LogP contribution in [0.2, 0.25) is 0 Å². The number of amides is 1. The summed E-state index contributed by atoms with van der Waals surface area (Å²) in [6.45, 7) is 4.89. The lowest BCUT2D eigenvalue weighted by atomic mass is 10.0. The minimum absolute atomic E-state index is 0.0782. The lowest BCUT2D eigenvalue weighted by molar-refractivity contribution is -0.870. The standard InChI is InChI=1S/C46H95N2O6P/c1-6-8-10-12-14-16-17-18-19-20-21-22-23-24-25-26-27-28-29-30-32-34-36-38-40-46(50)47-44(43-54-55(51,52)53-42-41-48(3,4)5)45(49)39-37-35-33-31-15-13-11-9-7-2/h44-45,49H,6-43H2,1-5H3,(H-,47,50,51,52)/p+1. The molecule has 0 heterocycles. The minimum Gasteiger partial charge on any atom is -0.391 e. The summed E-state index contributed by atoms with van der Waals surface area (Å²) in [4.78, 5) is 23.1. The Hall–Kier alpha value is -0.500. The van der Waals surface area contributed by atoms with Crippen LogP contribution >= 0.6 is 7.82 Å². The molecule has 330 valence electrons. The molecule has 3 N–H and O–H groups in total. The Bertz CT molecular complexity index is 870. The average Bonchev–Trinajstić information content (AvgIpc) is 3.13. The van der Waals surface area contributed by atoms with Gasteiger partial charge in [0.1, 0.15) is 13.2 Å². The summed E-state index contributed by atoms with van der Waals surface area (Å²) in [5.41, 5.74) is 0. The van der Waals surface area contributed by atoms with E-state index < -0.39 is 20.0 Å². The molecule has 0 aromatic heterocycles. The number of nitrogens with zero attached hydrogens (tertiary/aromatic N) is 1. The lowest BCUT2D eigenvalue weighted by Gasteiger charge is -2.26. The average molecular weight is 804 g/mol. The highest BCUT2D eigenvalue weighted by atomic mass is 31.2. The van der Waals surface area contributed by atoms with Crippen LogP contribution in [0.15, 0.2) is 0 Å². The van der Waals surface area contributed by atoms with E-state index in [2.05, 4.69) is 19.2 Å². The van der Waals surface area contributed by atoms with Gasteiger partial charge in [0.15, 0.2) is 0 Å². The highest BCUT2D eigenvalue weighted by Gasteiger charge is 2.28. The normalized spacial score (nSPS) is 14.2. The second-order valence-corrected chi connectivity index (χ2v) is 19.3. The minimum atomic E-state index is -4.30. The van der Waals surface area contributed by atoms with Crippen LogP contribution in [-0.2, 0) is 18.4 Å². The van der Waals surface area contributed by atoms with E-state index in [9.17, 15) is 19.4 Å². The first-order chi connectivity index (χ1) is 26.5. The smallest absolute Gasteiger partial charge is 0.391 e. The van der Waals surface area contributed by atoms with Crippen LogP contribution in [0, 0.1) is 0 Å². The number of likely N-dealkylation sites (N-methyl/N-ethyl adjacent to an activating group) is 1. The third kappa shape index (κ3) is 41.5. The van der Waals surface area contributed by atoms with Crippen LogP contribution in [0.1, 0.15) is 239 Å². The SMILES string of the molecule is CCCCCCCCCCCCCCCCCCCCCCCCCCC(=O)NC(COP(=O)(O)OCC[N+](C)(C)C)C(O)CCCCCCCCCCC. The fraction of sp³-hybridized carbons (Fsp3) is 0.978. The number of hydrogen-bond acceptors (Lipinski definition) is 5. The van der Waals surface area contributed by atoms with E-state index in [0.29, 0.717) is 23.9 Å². The molecule has 0 aliphatic heterocycles. The number of carbonyl (C=O) groups excluding carboxylic acids is 1. The molecule has 1 amide bonds. The van der Waals surface area contributed by atoms with Gasteiger partial charge in [-0.25, -0.2) is 4.57 Å². The number of phosphoric acid groups is 1. The summed E-state index contributed by atoms with van der Waals surface area (Å²) in [6.07, 6.45) is 42.9. The molecule has 0 rings (SSSR count). The molecule has 9 heteroatoms. The highest BCUT2D eigenvalue weighted by Crippen LogP contribution is 2.43. The molecule has 0 radical (unpaired) electrons. The van der Waals surface area contributed by atoms with Crippen LogP contribution in [-0.4, -0.2) is 73.4 Å². The van der Waals surface area contributed by atoms with Gasteiger partial charge < -0.3 is 19.8 Å². The molecule has 8 nitrogen and oxygen atoms in total. The van der Waals surface area contributed by atoms with Crippen molar-refractivity contribution in [1.82, 2.24) is 5.32 Å². The summed E-state index contributed by atoms with van der Waals surface area (Å²) < 4.78 is 23.6. The molecule has 0 fully saturated rings. The molecule has 55 heavy (non-hydrogen) atoms. The molecule has 0 aliphatic rings. The zero-order valence-electron chi connectivity index (χ0n) is 37.4. The van der Waals surface area contributed by atoms with E-state index in [1.165, 1.54) is 173 Å². The van der Waals surface area contributed by atoms with Crippen LogP contribution in [0.5, 0.6) is 0 Å². The lowest BCUT2D eigenvalue weighted by Crippen LogP contribution is -2.46. The number of quaternary nitrogens is 1. The van der Waals surface area contributed by atoms with Gasteiger partial charge >= 0.3 is 7.82 Å². The Labute approximate surface area is 342 Å². The maximum absolute atomic E-state index is 12.9. The van der Waals surface area contributed by atoms with Crippen LogP contribution in [0.25, 0.3) is 0 Å². The Morgan fingerprint density at radius 3 is 1.22 bits per heavy atom. The maximum atomic E-state index is 12.9. The van der Waals surface area contributed by atoms with E-state index in [-0.39, 0.29) is 19.1 Å². The van der Waals surface area contributed by atoms with Crippen LogP contribution in [0.3, 0.4) is 0 Å². The van der Waals surface area contributed by atoms with Gasteiger partial charge in [0, 0.05) is 6.42 Å². The molecule has 0 aliphatic carbocycles. The first-order valence-electron chi connectivity index (χ1n) is 23.9. The molecular weight excluding hydrogens is 707 g/mol. The monoisotopic (exact) mass is 804 g/mol. The highest BCUT2D eigenvalue weighted by molar-refractivity contribution is 7.47. The number of rotatable bonds is 44. The second-order valence-electron chi connectivity index (χ2n) is 17.9. The molecule has 3 atom stereocenters. The molecule has 0 spiro atoms. The van der Waals surface area contributed by atoms with E-state index in [1.807, 2.05) is 21.1 Å². The Balaban J connectivity index is 4.06. The molecule has 0 bridgehead atoms. The Morgan fingerprint density at radius 2 is 0.873 bits per heavy atom. The molecule has 0 saturated carbocycles. The Morgan fingerprint density at radius 1 is 0.545 bits per heavy atom. The van der Waals surface area contributed by atoms with Crippen molar-refractivity contribution in [1.29, 1.82) is 0 Å². The first kappa shape index (κ1) is 54.5. The van der Waals surface area contributed by atoms with E-state index in [4.69, 9.17) is 9.05 Å². The topological polar surface area (TPSA) is 105 Å². The third-order valence-electron chi connectivity index (χ3n) is 11.1. The van der Waals surface area contributed by atoms with E-state index in [0.717, 1.165) is 38.5 Å². The van der Waals surface area contributed by atoms with E-state index >= 15 is 0 Å². The van der Waals surface area contributed by atoms with Crippen LogP contribution < -0.4 is 5.32 Å². The van der Waals surface area contributed by atoms with Gasteiger partial charge in [0.05, 0.1) is 39.9 Å². The fourth-order valence-electron chi connectivity index (χ4n) is 7.28. The zero-order valence-corrected chi connectivity index (χ0v) is 38.3. The number of aliphatic hydroxyl groups is 1. The van der Waals surface area contributed by atoms with Gasteiger partial charge in [-0.2, -0.15) is 0 Å². The van der Waals surface area contributed by atoms with Gasteiger partial charge in [-0.05, 0) is 12.8 Å². The van der Waals surface area contributed by atoms with Gasteiger partial charge in [0.25, 0.3) is 0 Å². The Kier molecular flexibility index (Phi) is 38.6. The molecule has 3 unspecified atom stereocenters. The number of phosphoric ester groups is 1. The van der Waals surface area contributed by atoms with Crippen molar-refractivity contribution < 1.29 is 32.9 Å². The fourth-order valence-corrected chi connectivity index (χ4v) is 8.02. The van der Waals surface area contributed by atoms with Crippen LogP contribution in [0.4, 0.5) is 0 Å². The number of nitrogens with one attached hydrogen (secondary N) is 1. The molecule has 0 aromatic rings. The van der Waals surface area contributed by atoms with Gasteiger partial charge in [-0.1, -0.05) is 219 Å². The van der Waals surface area contributed by atoms with E-state index in [1.54, 1.807) is 0 Å². The number of hydrogen-bond donors (Lipinski definition) is 3. The maximum Gasteiger partial charge on any atom is 0.472 e. The van der Waals surface area contributed by atoms with Crippen molar-refractivity contribution in [3.63, 3.8) is 0 Å². The predicted molar refractivity (Wildman–Crippen MR) is 236 cm³/mol. The van der Waals surface area contributed by atoms with Crippen molar-refractivity contribution in [2.24, 2.45) is 0 Å². The van der Waals surface area contributed by atoms with Gasteiger partial charge in [-0.3, -0.25) is 13.8 Å².